The van der Waals surface area contributed by atoms with Crippen molar-refractivity contribution in [2.45, 2.75) is 19.8 Å². The molecule has 8 heteroatoms. The molecule has 0 bridgehead atoms. The van der Waals surface area contributed by atoms with Gasteiger partial charge >= 0.3 is 0 Å². The molecule has 7 nitrogen and oxygen atoms in total. The van der Waals surface area contributed by atoms with Crippen LogP contribution in [0.2, 0.25) is 0 Å². The predicted octanol–water partition coefficient (Wildman–Crippen LogP) is 4.97. The van der Waals surface area contributed by atoms with Gasteiger partial charge in [0.1, 0.15) is 0 Å². The number of nitrogens with zero attached hydrogens (tertiary/aromatic N) is 2. The summed E-state index contributed by atoms with van der Waals surface area (Å²) in [5.41, 5.74) is 2.48. The summed E-state index contributed by atoms with van der Waals surface area (Å²) in [6, 6.07) is 12.7. The summed E-state index contributed by atoms with van der Waals surface area (Å²) in [6.45, 7) is 1.91. The molecule has 0 fully saturated rings. The van der Waals surface area contributed by atoms with Crippen LogP contribution in [0.3, 0.4) is 0 Å². The maximum atomic E-state index is 12.0. The van der Waals surface area contributed by atoms with Crippen LogP contribution >= 0.6 is 15.9 Å². The highest BCUT2D eigenvalue weighted by atomic mass is 79.9. The maximum absolute atomic E-state index is 12.0. The third kappa shape index (κ3) is 4.40. The van der Waals surface area contributed by atoms with Gasteiger partial charge in [0.25, 0.3) is 5.91 Å². The second kappa shape index (κ2) is 8.13. The molecule has 0 spiro atoms. The summed E-state index contributed by atoms with van der Waals surface area (Å²) in [4.78, 5) is 26.6. The third-order valence-electron chi connectivity index (χ3n) is 3.93. The summed E-state index contributed by atoms with van der Waals surface area (Å²) < 4.78 is 0.764. The fourth-order valence-electron chi connectivity index (χ4n) is 2.54. The van der Waals surface area contributed by atoms with Crippen LogP contribution in [0.25, 0.3) is 10.9 Å². The van der Waals surface area contributed by atoms with Crippen LogP contribution in [0.5, 0.6) is 5.88 Å². The number of carbonyl (C=O) groups is 2. The van der Waals surface area contributed by atoms with E-state index in [0.717, 1.165) is 10.0 Å². The molecule has 3 N–H and O–H groups in total. The number of nitrogens with one attached hydrogen (secondary N) is 2. The van der Waals surface area contributed by atoms with Gasteiger partial charge in [-0.1, -0.05) is 24.3 Å². The smallest absolute Gasteiger partial charge is 0.265 e. The average molecular weight is 429 g/mol. The Hall–Kier alpha value is -3.00. The molecule has 3 rings (SSSR count). The minimum atomic E-state index is -0.546. The number of aryl methyl sites for hydroxylation is 1. The van der Waals surface area contributed by atoms with Gasteiger partial charge in [0.2, 0.25) is 11.8 Å². The highest BCUT2D eigenvalue weighted by molar-refractivity contribution is 9.10. The summed E-state index contributed by atoms with van der Waals surface area (Å²) in [5, 5.41) is 20.9. The Morgan fingerprint density at radius 3 is 2.63 bits per heavy atom. The van der Waals surface area contributed by atoms with Crippen LogP contribution in [0.15, 0.2) is 57.2 Å². The minimum absolute atomic E-state index is 0.00455. The van der Waals surface area contributed by atoms with Gasteiger partial charge in [-0.25, -0.2) is 0 Å². The van der Waals surface area contributed by atoms with E-state index in [9.17, 15) is 14.7 Å². The van der Waals surface area contributed by atoms with E-state index in [1.807, 2.05) is 37.3 Å². The van der Waals surface area contributed by atoms with E-state index in [4.69, 9.17) is 0 Å². The van der Waals surface area contributed by atoms with Crippen molar-refractivity contribution in [1.29, 1.82) is 0 Å². The van der Waals surface area contributed by atoms with Crippen molar-refractivity contribution in [3.05, 3.63) is 52.5 Å². The van der Waals surface area contributed by atoms with Crippen molar-refractivity contribution in [2.75, 3.05) is 5.32 Å². The van der Waals surface area contributed by atoms with Crippen molar-refractivity contribution >= 4 is 50.0 Å². The molecule has 3 aromatic rings. The number of aromatic hydroxyl groups is 1. The Morgan fingerprint density at radius 2 is 1.89 bits per heavy atom. The van der Waals surface area contributed by atoms with Gasteiger partial charge < -0.3 is 15.4 Å². The number of aromatic amines is 1. The number of carbonyl (C=O) groups excluding carboxylic acids is 2. The number of fused-ring (bicyclic) bond motifs is 1. The fourth-order valence-corrected chi connectivity index (χ4v) is 3.07. The average Bonchev–Trinajstić information content (AvgIpc) is 2.98. The van der Waals surface area contributed by atoms with Crippen molar-refractivity contribution < 1.29 is 14.7 Å². The van der Waals surface area contributed by atoms with Gasteiger partial charge in [0, 0.05) is 28.4 Å². The van der Waals surface area contributed by atoms with Gasteiger partial charge in [-0.2, -0.15) is 0 Å². The number of azo groups is 1. The molecule has 0 radical (unpaired) electrons. The first-order valence-electron chi connectivity index (χ1n) is 8.25. The van der Waals surface area contributed by atoms with E-state index in [1.165, 1.54) is 0 Å². The number of H-pyrrole nitrogens is 1. The SMILES string of the molecule is Cc1ccc2[nH]c(O)c(N=NC(=O)CCC(=O)Nc3ccccc3)c2c1Br. The van der Waals surface area contributed by atoms with Gasteiger partial charge in [0.05, 0.1) is 5.52 Å². The maximum Gasteiger partial charge on any atom is 0.265 e. The second-order valence-electron chi connectivity index (χ2n) is 5.95. The fraction of sp³-hybridized carbons (Fsp3) is 0.158. The molecular formula is C19H17BrN4O3. The molecule has 0 atom stereocenters. The number of aromatic nitrogens is 1. The molecule has 2 aromatic carbocycles. The summed E-state index contributed by atoms with van der Waals surface area (Å²) >= 11 is 3.46. The van der Waals surface area contributed by atoms with E-state index < -0.39 is 5.91 Å². The van der Waals surface area contributed by atoms with Crippen molar-refractivity contribution in [2.24, 2.45) is 10.2 Å². The van der Waals surface area contributed by atoms with Crippen LogP contribution in [0, 0.1) is 6.92 Å². The standard InChI is InChI=1S/C19H17BrN4O3/c1-11-7-8-13-16(17(11)20)18(19(27)22-13)24-23-15(26)10-9-14(25)21-12-5-3-2-4-6-12/h2-8,22,27H,9-10H2,1H3,(H,21,25). The number of hydrogen-bond acceptors (Lipinski definition) is 4. The lowest BCUT2D eigenvalue weighted by molar-refractivity contribution is -0.122. The zero-order valence-corrected chi connectivity index (χ0v) is 16.1. The van der Waals surface area contributed by atoms with E-state index >= 15 is 0 Å². The van der Waals surface area contributed by atoms with E-state index in [1.54, 1.807) is 12.1 Å². The largest absolute Gasteiger partial charge is 0.493 e. The normalized spacial score (nSPS) is 11.2. The van der Waals surface area contributed by atoms with Crippen LogP contribution in [-0.4, -0.2) is 21.9 Å². The van der Waals surface area contributed by atoms with Crippen LogP contribution in [-0.2, 0) is 9.59 Å². The van der Waals surface area contributed by atoms with Gasteiger partial charge in [-0.3, -0.25) is 9.59 Å². The first-order valence-corrected chi connectivity index (χ1v) is 9.04. The highest BCUT2D eigenvalue weighted by Crippen LogP contribution is 2.41. The zero-order valence-electron chi connectivity index (χ0n) is 14.5. The highest BCUT2D eigenvalue weighted by Gasteiger charge is 2.15. The topological polar surface area (TPSA) is 107 Å². The number of benzene rings is 2. The van der Waals surface area contributed by atoms with Crippen molar-refractivity contribution in [1.82, 2.24) is 4.98 Å². The molecule has 0 unspecified atom stereocenters. The van der Waals surface area contributed by atoms with Crippen LogP contribution in [0.4, 0.5) is 11.4 Å². The molecule has 138 valence electrons. The van der Waals surface area contributed by atoms with Crippen molar-refractivity contribution in [3.8, 4) is 5.88 Å². The second-order valence-corrected chi connectivity index (χ2v) is 6.74. The number of amides is 2. The Balaban J connectivity index is 1.65. The summed E-state index contributed by atoms with van der Waals surface area (Å²) in [6.07, 6.45) is -0.0824. The van der Waals surface area contributed by atoms with Crippen molar-refractivity contribution in [3.63, 3.8) is 0 Å². The van der Waals surface area contributed by atoms with E-state index in [0.29, 0.717) is 16.6 Å². The molecule has 1 heterocycles. The Labute approximate surface area is 163 Å². The molecule has 0 saturated carbocycles. The quantitative estimate of drug-likeness (QED) is 0.498. The van der Waals surface area contributed by atoms with E-state index in [-0.39, 0.29) is 30.3 Å². The number of rotatable bonds is 5. The number of hydrogen-bond donors (Lipinski definition) is 3. The molecule has 0 saturated heterocycles. The Morgan fingerprint density at radius 1 is 1.15 bits per heavy atom. The lowest BCUT2D eigenvalue weighted by atomic mass is 10.1. The van der Waals surface area contributed by atoms with Gasteiger partial charge in [-0.15, -0.1) is 10.2 Å². The lowest BCUT2D eigenvalue weighted by Gasteiger charge is -2.03. The molecule has 1 aromatic heterocycles. The Kier molecular flexibility index (Phi) is 5.66. The molecule has 0 aliphatic carbocycles. The molecule has 2 amide bonds. The molecule has 0 aliphatic heterocycles. The monoisotopic (exact) mass is 428 g/mol. The number of halogens is 1. The van der Waals surface area contributed by atoms with Crippen LogP contribution in [0.1, 0.15) is 18.4 Å². The molecule has 27 heavy (non-hydrogen) atoms. The van der Waals surface area contributed by atoms with Gasteiger partial charge in [-0.05, 0) is 46.6 Å². The van der Waals surface area contributed by atoms with Gasteiger partial charge in [0.15, 0.2) is 5.69 Å². The molecule has 0 aliphatic rings. The van der Waals surface area contributed by atoms with Crippen LogP contribution < -0.4 is 5.32 Å². The molecular weight excluding hydrogens is 412 g/mol. The predicted molar refractivity (Wildman–Crippen MR) is 106 cm³/mol. The first-order chi connectivity index (χ1) is 13.0. The third-order valence-corrected chi connectivity index (χ3v) is 4.96. The number of para-hydroxylation sites is 1. The lowest BCUT2D eigenvalue weighted by Crippen LogP contribution is -2.12. The number of anilines is 1. The van der Waals surface area contributed by atoms with E-state index in [2.05, 4.69) is 36.5 Å². The summed E-state index contributed by atoms with van der Waals surface area (Å²) in [5.74, 6) is -0.997. The summed E-state index contributed by atoms with van der Waals surface area (Å²) in [7, 11) is 0. The zero-order chi connectivity index (χ0) is 19.4. The first kappa shape index (κ1) is 18.8. The Bertz CT molecular complexity index is 1030. The minimum Gasteiger partial charge on any atom is -0.493 e.